The lowest BCUT2D eigenvalue weighted by Gasteiger charge is -2.34. The molecule has 2 amide bonds. The molecule has 26 heavy (non-hydrogen) atoms. The van der Waals surface area contributed by atoms with Gasteiger partial charge in [0.25, 0.3) is 11.8 Å². The van der Waals surface area contributed by atoms with Crippen molar-refractivity contribution < 1.29 is 9.59 Å². The maximum atomic E-state index is 13.1. The third kappa shape index (κ3) is 4.38. The molecule has 0 bridgehead atoms. The SMILES string of the molecule is CC1CCCCN1C(=O)c1cc(I)ccc1NC(=O)c1ccc(Cl)cc1. The van der Waals surface area contributed by atoms with E-state index < -0.39 is 0 Å². The van der Waals surface area contributed by atoms with Gasteiger partial charge in [-0.1, -0.05) is 11.6 Å². The number of hydrogen-bond acceptors (Lipinski definition) is 2. The van der Waals surface area contributed by atoms with E-state index in [4.69, 9.17) is 11.6 Å². The second kappa shape index (κ2) is 8.39. The number of anilines is 1. The average molecular weight is 483 g/mol. The molecule has 1 saturated heterocycles. The number of halogens is 2. The molecule has 1 atom stereocenters. The van der Waals surface area contributed by atoms with Crippen LogP contribution in [0.25, 0.3) is 0 Å². The molecule has 2 aromatic carbocycles. The first-order valence-electron chi connectivity index (χ1n) is 8.63. The number of likely N-dealkylation sites (tertiary alicyclic amines) is 1. The predicted molar refractivity (Wildman–Crippen MR) is 113 cm³/mol. The van der Waals surface area contributed by atoms with Crippen LogP contribution in [0.3, 0.4) is 0 Å². The zero-order chi connectivity index (χ0) is 18.7. The lowest BCUT2D eigenvalue weighted by molar-refractivity contribution is 0.0636. The Labute approximate surface area is 172 Å². The van der Waals surface area contributed by atoms with E-state index in [1.54, 1.807) is 30.3 Å². The van der Waals surface area contributed by atoms with Gasteiger partial charge in [0.1, 0.15) is 0 Å². The van der Waals surface area contributed by atoms with Crippen LogP contribution in [-0.2, 0) is 0 Å². The summed E-state index contributed by atoms with van der Waals surface area (Å²) < 4.78 is 0.958. The molecule has 0 spiro atoms. The van der Waals surface area contributed by atoms with Crippen LogP contribution in [0.4, 0.5) is 5.69 Å². The molecule has 0 radical (unpaired) electrons. The summed E-state index contributed by atoms with van der Waals surface area (Å²) in [5.41, 5.74) is 1.57. The lowest BCUT2D eigenvalue weighted by Crippen LogP contribution is -2.42. The van der Waals surface area contributed by atoms with Crippen molar-refractivity contribution in [3.63, 3.8) is 0 Å². The van der Waals surface area contributed by atoms with Crippen molar-refractivity contribution in [2.24, 2.45) is 0 Å². The molecule has 2 aromatic rings. The van der Waals surface area contributed by atoms with E-state index in [-0.39, 0.29) is 17.9 Å². The van der Waals surface area contributed by atoms with E-state index in [9.17, 15) is 9.59 Å². The summed E-state index contributed by atoms with van der Waals surface area (Å²) in [6, 6.07) is 12.4. The Morgan fingerprint density at radius 3 is 2.58 bits per heavy atom. The molecule has 1 N–H and O–H groups in total. The van der Waals surface area contributed by atoms with Gasteiger partial charge < -0.3 is 10.2 Å². The van der Waals surface area contributed by atoms with Crippen molar-refractivity contribution in [3.8, 4) is 0 Å². The molecular weight excluding hydrogens is 463 g/mol. The maximum Gasteiger partial charge on any atom is 0.256 e. The third-order valence-corrected chi connectivity index (χ3v) is 5.55. The van der Waals surface area contributed by atoms with Crippen molar-refractivity contribution in [2.45, 2.75) is 32.2 Å². The van der Waals surface area contributed by atoms with Crippen LogP contribution >= 0.6 is 34.2 Å². The van der Waals surface area contributed by atoms with Gasteiger partial charge in [0.2, 0.25) is 0 Å². The first kappa shape index (κ1) is 19.2. The Balaban J connectivity index is 1.87. The van der Waals surface area contributed by atoms with Gasteiger partial charge in [-0.3, -0.25) is 9.59 Å². The second-order valence-electron chi connectivity index (χ2n) is 6.49. The molecule has 0 aliphatic carbocycles. The van der Waals surface area contributed by atoms with E-state index in [2.05, 4.69) is 34.8 Å². The van der Waals surface area contributed by atoms with E-state index >= 15 is 0 Å². The van der Waals surface area contributed by atoms with Gasteiger partial charge in [0.15, 0.2) is 0 Å². The molecule has 136 valence electrons. The summed E-state index contributed by atoms with van der Waals surface area (Å²) >= 11 is 8.06. The Morgan fingerprint density at radius 2 is 1.88 bits per heavy atom. The molecule has 1 heterocycles. The van der Waals surface area contributed by atoms with E-state index in [0.29, 0.717) is 21.8 Å². The summed E-state index contributed by atoms with van der Waals surface area (Å²) in [7, 11) is 0. The van der Waals surface area contributed by atoms with Crippen LogP contribution in [-0.4, -0.2) is 29.3 Å². The van der Waals surface area contributed by atoms with Gasteiger partial charge in [-0.05, 0) is 91.2 Å². The fourth-order valence-corrected chi connectivity index (χ4v) is 3.77. The lowest BCUT2D eigenvalue weighted by atomic mass is 10.0. The molecule has 0 aromatic heterocycles. The Kier molecular flexibility index (Phi) is 6.19. The number of carbonyl (C=O) groups excluding carboxylic acids is 2. The van der Waals surface area contributed by atoms with Crippen molar-refractivity contribution >= 4 is 51.7 Å². The van der Waals surface area contributed by atoms with Gasteiger partial charge >= 0.3 is 0 Å². The molecular formula is C20H20ClIN2O2. The first-order chi connectivity index (χ1) is 12.5. The van der Waals surface area contributed by atoms with Gasteiger partial charge in [-0.25, -0.2) is 0 Å². The average Bonchev–Trinajstić information content (AvgIpc) is 2.63. The quantitative estimate of drug-likeness (QED) is 0.611. The monoisotopic (exact) mass is 482 g/mol. The maximum absolute atomic E-state index is 13.1. The summed E-state index contributed by atoms with van der Waals surface area (Å²) in [4.78, 5) is 27.6. The van der Waals surface area contributed by atoms with Crippen molar-refractivity contribution in [3.05, 3.63) is 62.2 Å². The highest BCUT2D eigenvalue weighted by molar-refractivity contribution is 14.1. The van der Waals surface area contributed by atoms with Gasteiger partial charge in [0.05, 0.1) is 11.3 Å². The number of hydrogen-bond donors (Lipinski definition) is 1. The standard InChI is InChI=1S/C20H20ClIN2O2/c1-13-4-2-3-11-24(13)20(26)17-12-16(22)9-10-18(17)23-19(25)14-5-7-15(21)8-6-14/h5-10,12-13H,2-4,11H2,1H3,(H,23,25). The first-order valence-corrected chi connectivity index (χ1v) is 10.1. The highest BCUT2D eigenvalue weighted by Crippen LogP contribution is 2.25. The zero-order valence-electron chi connectivity index (χ0n) is 14.5. The summed E-state index contributed by atoms with van der Waals surface area (Å²) in [5, 5.41) is 3.45. The summed E-state index contributed by atoms with van der Waals surface area (Å²) in [6.45, 7) is 2.84. The number of nitrogens with zero attached hydrogens (tertiary/aromatic N) is 1. The van der Waals surface area contributed by atoms with Crippen LogP contribution in [0, 0.1) is 3.57 Å². The van der Waals surface area contributed by atoms with Crippen LogP contribution in [0.2, 0.25) is 5.02 Å². The summed E-state index contributed by atoms with van der Waals surface area (Å²) in [6.07, 6.45) is 3.19. The smallest absolute Gasteiger partial charge is 0.256 e. The van der Waals surface area contributed by atoms with Crippen molar-refractivity contribution in [2.75, 3.05) is 11.9 Å². The van der Waals surface area contributed by atoms with Crippen LogP contribution in [0.15, 0.2) is 42.5 Å². The Hall–Kier alpha value is -1.60. The number of nitrogens with one attached hydrogen (secondary N) is 1. The largest absolute Gasteiger partial charge is 0.336 e. The van der Waals surface area contributed by atoms with Crippen LogP contribution in [0.1, 0.15) is 46.9 Å². The second-order valence-corrected chi connectivity index (χ2v) is 8.18. The van der Waals surface area contributed by atoms with E-state index in [1.807, 2.05) is 17.0 Å². The highest BCUT2D eigenvalue weighted by Gasteiger charge is 2.26. The highest BCUT2D eigenvalue weighted by atomic mass is 127. The fraction of sp³-hybridized carbons (Fsp3) is 0.300. The topological polar surface area (TPSA) is 49.4 Å². The normalized spacial score (nSPS) is 17.0. The van der Waals surface area contributed by atoms with E-state index in [0.717, 1.165) is 29.4 Å². The molecule has 1 fully saturated rings. The molecule has 3 rings (SSSR count). The molecule has 0 saturated carbocycles. The van der Waals surface area contributed by atoms with Gasteiger partial charge in [0, 0.05) is 26.7 Å². The van der Waals surface area contributed by atoms with Crippen LogP contribution in [0.5, 0.6) is 0 Å². The Morgan fingerprint density at radius 1 is 1.15 bits per heavy atom. The molecule has 6 heteroatoms. The number of amides is 2. The fourth-order valence-electron chi connectivity index (χ4n) is 3.15. The van der Waals surface area contributed by atoms with Crippen molar-refractivity contribution in [1.82, 2.24) is 4.90 Å². The molecule has 4 nitrogen and oxygen atoms in total. The number of carbonyl (C=O) groups is 2. The third-order valence-electron chi connectivity index (χ3n) is 4.63. The van der Waals surface area contributed by atoms with Crippen LogP contribution < -0.4 is 5.32 Å². The molecule has 1 aliphatic rings. The number of benzene rings is 2. The Bertz CT molecular complexity index is 823. The minimum absolute atomic E-state index is 0.0258. The minimum atomic E-state index is -0.261. The van der Waals surface area contributed by atoms with Gasteiger partial charge in [-0.15, -0.1) is 0 Å². The minimum Gasteiger partial charge on any atom is -0.336 e. The van der Waals surface area contributed by atoms with E-state index in [1.165, 1.54) is 0 Å². The van der Waals surface area contributed by atoms with Gasteiger partial charge in [-0.2, -0.15) is 0 Å². The summed E-state index contributed by atoms with van der Waals surface area (Å²) in [5.74, 6) is -0.286. The molecule has 1 aliphatic heterocycles. The zero-order valence-corrected chi connectivity index (χ0v) is 17.4. The molecule has 1 unspecified atom stereocenters. The van der Waals surface area contributed by atoms with Crippen molar-refractivity contribution in [1.29, 1.82) is 0 Å². The number of piperidine rings is 1. The number of rotatable bonds is 3. The predicted octanol–water partition coefficient (Wildman–Crippen LogP) is 5.21.